The van der Waals surface area contributed by atoms with Gasteiger partial charge in [0.15, 0.2) is 0 Å². The van der Waals surface area contributed by atoms with Crippen molar-refractivity contribution in [2.45, 2.75) is 32.0 Å². The van der Waals surface area contributed by atoms with Crippen molar-refractivity contribution in [3.8, 4) is 0 Å². The van der Waals surface area contributed by atoms with E-state index < -0.39 is 0 Å². The van der Waals surface area contributed by atoms with E-state index in [4.69, 9.17) is 4.74 Å². The van der Waals surface area contributed by atoms with Gasteiger partial charge in [0, 0.05) is 32.3 Å². The van der Waals surface area contributed by atoms with Gasteiger partial charge < -0.3 is 10.1 Å². The van der Waals surface area contributed by atoms with Crippen molar-refractivity contribution in [2.24, 2.45) is 0 Å². The smallest absolute Gasteiger partial charge is 0.292 e. The van der Waals surface area contributed by atoms with Gasteiger partial charge in [0.25, 0.3) is 5.69 Å². The van der Waals surface area contributed by atoms with E-state index >= 15 is 0 Å². The van der Waals surface area contributed by atoms with E-state index in [0.29, 0.717) is 18.3 Å². The number of nitro benzene ring substituents is 1. The second-order valence-electron chi connectivity index (χ2n) is 5.21. The molecule has 1 aromatic rings. The van der Waals surface area contributed by atoms with Crippen LogP contribution in [0.4, 0.5) is 11.4 Å². The first kappa shape index (κ1) is 14.7. The number of anilines is 1. The Kier molecular flexibility index (Phi) is 4.57. The van der Waals surface area contributed by atoms with Gasteiger partial charge in [-0.1, -0.05) is 6.07 Å². The van der Waals surface area contributed by atoms with Crippen LogP contribution in [0.25, 0.3) is 0 Å². The molecule has 0 spiro atoms. The number of hydrogen-bond acceptors (Lipinski definition) is 5. The van der Waals surface area contributed by atoms with Gasteiger partial charge in [0.1, 0.15) is 5.69 Å². The lowest BCUT2D eigenvalue weighted by atomic mass is 10.1. The zero-order chi connectivity index (χ0) is 14.7. The zero-order valence-corrected chi connectivity index (χ0v) is 12.1. The molecular weight excluding hydrogens is 258 g/mol. The maximum atomic E-state index is 11.1. The normalized spacial score (nSPS) is 22.2. The van der Waals surface area contributed by atoms with E-state index in [-0.39, 0.29) is 16.7 Å². The van der Waals surface area contributed by atoms with Crippen LogP contribution in [-0.2, 0) is 11.3 Å². The molecule has 1 aliphatic heterocycles. The molecule has 0 aromatic heterocycles. The number of nitro groups is 1. The number of rotatable bonds is 5. The fourth-order valence-corrected chi connectivity index (χ4v) is 2.74. The van der Waals surface area contributed by atoms with Crippen LogP contribution in [0.2, 0.25) is 0 Å². The standard InChI is InChI=1S/C14H21N3O3/c1-10-13(6-7-20-10)16(3)9-11-4-5-12(15-2)14(8-11)17(18)19/h4-5,8,10,13,15H,6-7,9H2,1-3H3. The molecule has 1 aromatic carbocycles. The second kappa shape index (κ2) is 6.19. The van der Waals surface area contributed by atoms with Gasteiger partial charge in [-0.05, 0) is 32.0 Å². The highest BCUT2D eigenvalue weighted by Crippen LogP contribution is 2.27. The third kappa shape index (κ3) is 3.08. The van der Waals surface area contributed by atoms with Gasteiger partial charge >= 0.3 is 0 Å². The molecule has 1 N–H and O–H groups in total. The van der Waals surface area contributed by atoms with Crippen LogP contribution in [0.15, 0.2) is 18.2 Å². The summed E-state index contributed by atoms with van der Waals surface area (Å²) in [4.78, 5) is 12.9. The second-order valence-corrected chi connectivity index (χ2v) is 5.21. The minimum Gasteiger partial charge on any atom is -0.383 e. The predicted octanol–water partition coefficient (Wildman–Crippen LogP) is 2.25. The van der Waals surface area contributed by atoms with Gasteiger partial charge in [0.05, 0.1) is 11.0 Å². The Balaban J connectivity index is 2.13. The largest absolute Gasteiger partial charge is 0.383 e. The summed E-state index contributed by atoms with van der Waals surface area (Å²) in [7, 11) is 3.72. The SMILES string of the molecule is CNc1ccc(CN(C)C2CCOC2C)cc1[N+](=O)[O-]. The van der Waals surface area contributed by atoms with Crippen LogP contribution >= 0.6 is 0 Å². The average Bonchev–Trinajstić information content (AvgIpc) is 2.85. The summed E-state index contributed by atoms with van der Waals surface area (Å²) in [6.45, 7) is 3.54. The van der Waals surface area contributed by atoms with Crippen molar-refractivity contribution in [3.05, 3.63) is 33.9 Å². The molecule has 6 nitrogen and oxygen atoms in total. The average molecular weight is 279 g/mol. The number of nitrogens with one attached hydrogen (secondary N) is 1. The van der Waals surface area contributed by atoms with Gasteiger partial charge in [-0.3, -0.25) is 15.0 Å². The van der Waals surface area contributed by atoms with E-state index in [1.165, 1.54) is 0 Å². The van der Waals surface area contributed by atoms with Crippen LogP contribution in [0.3, 0.4) is 0 Å². The van der Waals surface area contributed by atoms with Crippen LogP contribution in [0, 0.1) is 10.1 Å². The summed E-state index contributed by atoms with van der Waals surface area (Å²) in [5.74, 6) is 0. The first-order valence-corrected chi connectivity index (χ1v) is 6.80. The highest BCUT2D eigenvalue weighted by molar-refractivity contribution is 5.62. The van der Waals surface area contributed by atoms with Crippen molar-refractivity contribution in [1.82, 2.24) is 4.90 Å². The quantitative estimate of drug-likeness (QED) is 0.661. The summed E-state index contributed by atoms with van der Waals surface area (Å²) in [6.07, 6.45) is 1.22. The van der Waals surface area contributed by atoms with Crippen molar-refractivity contribution in [3.63, 3.8) is 0 Å². The van der Waals surface area contributed by atoms with Crippen molar-refractivity contribution < 1.29 is 9.66 Å². The highest BCUT2D eigenvalue weighted by atomic mass is 16.6. The molecule has 2 unspecified atom stereocenters. The van der Waals surface area contributed by atoms with Gasteiger partial charge in [0.2, 0.25) is 0 Å². The van der Waals surface area contributed by atoms with Gasteiger partial charge in [-0.2, -0.15) is 0 Å². The van der Waals surface area contributed by atoms with Crippen molar-refractivity contribution >= 4 is 11.4 Å². The fourth-order valence-electron chi connectivity index (χ4n) is 2.74. The maximum Gasteiger partial charge on any atom is 0.292 e. The number of ether oxygens (including phenoxy) is 1. The Morgan fingerprint density at radius 3 is 2.85 bits per heavy atom. The number of hydrogen-bond donors (Lipinski definition) is 1. The number of likely N-dealkylation sites (N-methyl/N-ethyl adjacent to an activating group) is 1. The molecule has 0 radical (unpaired) electrons. The minimum absolute atomic E-state index is 0.120. The Hall–Kier alpha value is -1.66. The summed E-state index contributed by atoms with van der Waals surface area (Å²) < 4.78 is 5.56. The topological polar surface area (TPSA) is 67.6 Å². The lowest BCUT2D eigenvalue weighted by Crippen LogP contribution is -2.36. The fraction of sp³-hybridized carbons (Fsp3) is 0.571. The molecule has 2 atom stereocenters. The van der Waals surface area contributed by atoms with Crippen LogP contribution < -0.4 is 5.32 Å². The first-order chi connectivity index (χ1) is 9.52. The van der Waals surface area contributed by atoms with Gasteiger partial charge in [-0.15, -0.1) is 0 Å². The van der Waals surface area contributed by atoms with Crippen LogP contribution in [-0.4, -0.2) is 42.7 Å². The molecule has 0 bridgehead atoms. The van der Waals surface area contributed by atoms with Crippen LogP contribution in [0.1, 0.15) is 18.9 Å². The Bertz CT molecular complexity index is 493. The molecule has 0 amide bonds. The third-order valence-corrected chi connectivity index (χ3v) is 3.86. The van der Waals surface area contributed by atoms with E-state index in [2.05, 4.69) is 17.1 Å². The summed E-state index contributed by atoms with van der Waals surface area (Å²) in [5, 5.41) is 13.9. The molecule has 6 heteroatoms. The Morgan fingerprint density at radius 2 is 2.30 bits per heavy atom. The maximum absolute atomic E-state index is 11.1. The molecule has 1 fully saturated rings. The van der Waals surface area contributed by atoms with Crippen molar-refractivity contribution in [1.29, 1.82) is 0 Å². The zero-order valence-electron chi connectivity index (χ0n) is 12.1. The molecule has 20 heavy (non-hydrogen) atoms. The summed E-state index contributed by atoms with van der Waals surface area (Å²) in [5.41, 5.74) is 1.60. The Morgan fingerprint density at radius 1 is 1.55 bits per heavy atom. The Labute approximate surface area is 118 Å². The van der Waals surface area contributed by atoms with E-state index in [1.807, 2.05) is 13.1 Å². The summed E-state index contributed by atoms with van der Waals surface area (Å²) >= 11 is 0. The lowest BCUT2D eigenvalue weighted by molar-refractivity contribution is -0.384. The lowest BCUT2D eigenvalue weighted by Gasteiger charge is -2.26. The predicted molar refractivity (Wildman–Crippen MR) is 77.9 cm³/mol. The van der Waals surface area contributed by atoms with Crippen molar-refractivity contribution in [2.75, 3.05) is 26.0 Å². The number of nitrogens with zero attached hydrogens (tertiary/aromatic N) is 2. The minimum atomic E-state index is -0.351. The molecule has 0 aliphatic carbocycles. The van der Waals surface area contributed by atoms with Gasteiger partial charge in [-0.25, -0.2) is 0 Å². The highest BCUT2D eigenvalue weighted by Gasteiger charge is 2.28. The molecule has 110 valence electrons. The van der Waals surface area contributed by atoms with Crippen LogP contribution in [0.5, 0.6) is 0 Å². The molecule has 0 saturated carbocycles. The summed E-state index contributed by atoms with van der Waals surface area (Å²) in [6, 6.07) is 5.70. The monoisotopic (exact) mass is 279 g/mol. The molecule has 2 rings (SSSR count). The van der Waals surface area contributed by atoms with E-state index in [0.717, 1.165) is 18.6 Å². The molecule has 1 saturated heterocycles. The third-order valence-electron chi connectivity index (χ3n) is 3.86. The van der Waals surface area contributed by atoms with E-state index in [1.54, 1.807) is 19.2 Å². The first-order valence-electron chi connectivity index (χ1n) is 6.80. The molecule has 1 aliphatic rings. The van der Waals surface area contributed by atoms with E-state index in [9.17, 15) is 10.1 Å². The molecule has 1 heterocycles. The molecular formula is C14H21N3O3. The number of benzene rings is 1.